The van der Waals surface area contributed by atoms with Gasteiger partial charge in [0.25, 0.3) is 0 Å². The molecular weight excluding hydrogens is 269 g/mol. The second-order valence-electron chi connectivity index (χ2n) is 3.91. The molecule has 1 heterocycles. The number of hydrogen-bond donors (Lipinski definition) is 2. The van der Waals surface area contributed by atoms with Crippen molar-refractivity contribution < 1.29 is 0 Å². The second-order valence-corrected chi connectivity index (χ2v) is 4.76. The van der Waals surface area contributed by atoms with Gasteiger partial charge in [-0.3, -0.25) is 16.3 Å². The third-order valence-electron chi connectivity index (χ3n) is 2.69. The molecule has 5 heteroatoms. The number of hydrazine groups is 1. The van der Waals surface area contributed by atoms with E-state index in [2.05, 4.69) is 10.4 Å². The van der Waals surface area contributed by atoms with Crippen molar-refractivity contribution in [3.63, 3.8) is 0 Å². The SMILES string of the molecule is NNC(Cc1ccc(Cl)cc1Cl)c1ccccn1. The van der Waals surface area contributed by atoms with Crippen LogP contribution >= 0.6 is 23.2 Å². The molecule has 0 saturated carbocycles. The van der Waals surface area contributed by atoms with Gasteiger partial charge in [0.05, 0.1) is 11.7 Å². The molecule has 0 aliphatic heterocycles. The van der Waals surface area contributed by atoms with Crippen molar-refractivity contribution in [2.75, 3.05) is 0 Å². The number of nitrogens with one attached hydrogen (secondary N) is 1. The average Bonchev–Trinajstić information content (AvgIpc) is 2.39. The van der Waals surface area contributed by atoms with E-state index in [0.29, 0.717) is 16.5 Å². The van der Waals surface area contributed by atoms with Gasteiger partial charge < -0.3 is 0 Å². The molecule has 0 radical (unpaired) electrons. The van der Waals surface area contributed by atoms with E-state index >= 15 is 0 Å². The molecule has 0 spiro atoms. The molecule has 2 rings (SSSR count). The van der Waals surface area contributed by atoms with Crippen molar-refractivity contribution in [2.24, 2.45) is 5.84 Å². The van der Waals surface area contributed by atoms with E-state index in [0.717, 1.165) is 11.3 Å². The van der Waals surface area contributed by atoms with Crippen LogP contribution in [0.2, 0.25) is 10.0 Å². The molecule has 94 valence electrons. The summed E-state index contributed by atoms with van der Waals surface area (Å²) < 4.78 is 0. The fraction of sp³-hybridized carbons (Fsp3) is 0.154. The highest BCUT2D eigenvalue weighted by Gasteiger charge is 2.13. The first-order chi connectivity index (χ1) is 8.70. The maximum Gasteiger partial charge on any atom is 0.0672 e. The maximum absolute atomic E-state index is 6.14. The summed E-state index contributed by atoms with van der Waals surface area (Å²) in [6, 6.07) is 11.1. The molecular formula is C13H13Cl2N3. The summed E-state index contributed by atoms with van der Waals surface area (Å²) in [5.41, 5.74) is 4.62. The fourth-order valence-electron chi connectivity index (χ4n) is 1.74. The highest BCUT2D eigenvalue weighted by Crippen LogP contribution is 2.25. The first-order valence-corrected chi connectivity index (χ1v) is 6.27. The normalized spacial score (nSPS) is 12.4. The molecule has 1 aromatic heterocycles. The van der Waals surface area contributed by atoms with E-state index in [4.69, 9.17) is 29.0 Å². The monoisotopic (exact) mass is 281 g/mol. The molecule has 0 saturated heterocycles. The van der Waals surface area contributed by atoms with Crippen LogP contribution in [0.1, 0.15) is 17.3 Å². The Hall–Kier alpha value is -1.13. The minimum Gasteiger partial charge on any atom is -0.271 e. The van der Waals surface area contributed by atoms with Crippen LogP contribution in [0.3, 0.4) is 0 Å². The minimum absolute atomic E-state index is 0.0788. The maximum atomic E-state index is 6.14. The van der Waals surface area contributed by atoms with Gasteiger partial charge in [-0.25, -0.2) is 0 Å². The van der Waals surface area contributed by atoms with Crippen LogP contribution < -0.4 is 11.3 Å². The van der Waals surface area contributed by atoms with E-state index in [1.165, 1.54) is 0 Å². The Labute approximate surface area is 116 Å². The van der Waals surface area contributed by atoms with Crippen LogP contribution in [0.5, 0.6) is 0 Å². The van der Waals surface area contributed by atoms with Crippen molar-refractivity contribution in [3.05, 3.63) is 63.9 Å². The predicted octanol–water partition coefficient (Wildman–Crippen LogP) is 3.14. The lowest BCUT2D eigenvalue weighted by Crippen LogP contribution is -2.30. The number of rotatable bonds is 4. The van der Waals surface area contributed by atoms with Crippen molar-refractivity contribution in [1.82, 2.24) is 10.4 Å². The topological polar surface area (TPSA) is 50.9 Å². The molecule has 0 aliphatic carbocycles. The fourth-order valence-corrected chi connectivity index (χ4v) is 2.22. The van der Waals surface area contributed by atoms with Gasteiger partial charge in [0.15, 0.2) is 0 Å². The molecule has 18 heavy (non-hydrogen) atoms. The van der Waals surface area contributed by atoms with Crippen molar-refractivity contribution >= 4 is 23.2 Å². The molecule has 1 aromatic carbocycles. The standard InChI is InChI=1S/C13H13Cl2N3/c14-10-5-4-9(11(15)8-10)7-13(18-16)12-3-1-2-6-17-12/h1-6,8,13,18H,7,16H2. The molecule has 2 aromatic rings. The zero-order chi connectivity index (χ0) is 13.0. The van der Waals surface area contributed by atoms with Crippen molar-refractivity contribution in [1.29, 1.82) is 0 Å². The lowest BCUT2D eigenvalue weighted by atomic mass is 10.0. The van der Waals surface area contributed by atoms with Gasteiger partial charge in [0.1, 0.15) is 0 Å². The van der Waals surface area contributed by atoms with Crippen LogP contribution in [0.15, 0.2) is 42.6 Å². The molecule has 0 amide bonds. The zero-order valence-corrected chi connectivity index (χ0v) is 11.1. The first kappa shape index (κ1) is 13.3. The van der Waals surface area contributed by atoms with Crippen LogP contribution in [0, 0.1) is 0 Å². The van der Waals surface area contributed by atoms with Crippen LogP contribution in [0.4, 0.5) is 0 Å². The first-order valence-electron chi connectivity index (χ1n) is 5.51. The van der Waals surface area contributed by atoms with E-state index in [9.17, 15) is 0 Å². The Kier molecular flexibility index (Phi) is 4.55. The number of aromatic nitrogens is 1. The minimum atomic E-state index is -0.0788. The summed E-state index contributed by atoms with van der Waals surface area (Å²) in [4.78, 5) is 4.28. The Morgan fingerprint density at radius 2 is 2.06 bits per heavy atom. The molecule has 1 atom stereocenters. The van der Waals surface area contributed by atoms with Crippen LogP contribution in [0.25, 0.3) is 0 Å². The third-order valence-corrected chi connectivity index (χ3v) is 3.27. The van der Waals surface area contributed by atoms with Gasteiger partial charge in [0, 0.05) is 16.2 Å². The smallest absolute Gasteiger partial charge is 0.0672 e. The van der Waals surface area contributed by atoms with Crippen molar-refractivity contribution in [2.45, 2.75) is 12.5 Å². The van der Waals surface area contributed by atoms with Crippen LogP contribution in [-0.2, 0) is 6.42 Å². The third kappa shape index (κ3) is 3.21. The lowest BCUT2D eigenvalue weighted by Gasteiger charge is -2.16. The summed E-state index contributed by atoms with van der Waals surface area (Å²) in [6.07, 6.45) is 2.40. The van der Waals surface area contributed by atoms with E-state index in [1.54, 1.807) is 12.3 Å². The summed E-state index contributed by atoms with van der Waals surface area (Å²) in [5.74, 6) is 5.57. The summed E-state index contributed by atoms with van der Waals surface area (Å²) in [6.45, 7) is 0. The quantitative estimate of drug-likeness (QED) is 0.669. The number of halogens is 2. The molecule has 1 unspecified atom stereocenters. The summed E-state index contributed by atoms with van der Waals surface area (Å²) >= 11 is 12.0. The Balaban J connectivity index is 2.21. The van der Waals surface area contributed by atoms with Gasteiger partial charge in [-0.05, 0) is 36.2 Å². The average molecular weight is 282 g/mol. The number of hydrogen-bond acceptors (Lipinski definition) is 3. The van der Waals surface area contributed by atoms with Gasteiger partial charge in [-0.15, -0.1) is 0 Å². The Morgan fingerprint density at radius 1 is 1.22 bits per heavy atom. The predicted molar refractivity (Wildman–Crippen MR) is 74.5 cm³/mol. The molecule has 3 nitrogen and oxygen atoms in total. The summed E-state index contributed by atoms with van der Waals surface area (Å²) in [7, 11) is 0. The second kappa shape index (κ2) is 6.16. The van der Waals surface area contributed by atoms with E-state index < -0.39 is 0 Å². The van der Waals surface area contributed by atoms with E-state index in [-0.39, 0.29) is 6.04 Å². The van der Waals surface area contributed by atoms with Gasteiger partial charge in [-0.2, -0.15) is 0 Å². The number of pyridine rings is 1. The zero-order valence-electron chi connectivity index (χ0n) is 9.61. The largest absolute Gasteiger partial charge is 0.271 e. The summed E-state index contributed by atoms with van der Waals surface area (Å²) in [5, 5.41) is 1.26. The lowest BCUT2D eigenvalue weighted by molar-refractivity contribution is 0.538. The number of nitrogens with zero attached hydrogens (tertiary/aromatic N) is 1. The highest BCUT2D eigenvalue weighted by molar-refractivity contribution is 6.35. The molecule has 3 N–H and O–H groups in total. The Bertz CT molecular complexity index is 517. The van der Waals surface area contributed by atoms with Gasteiger partial charge in [-0.1, -0.05) is 35.3 Å². The number of benzene rings is 1. The van der Waals surface area contributed by atoms with Gasteiger partial charge in [0.2, 0.25) is 0 Å². The number of nitrogens with two attached hydrogens (primary N) is 1. The Morgan fingerprint density at radius 3 is 2.67 bits per heavy atom. The molecule has 0 aliphatic rings. The van der Waals surface area contributed by atoms with Crippen LogP contribution in [-0.4, -0.2) is 4.98 Å². The highest BCUT2D eigenvalue weighted by atomic mass is 35.5. The molecule has 0 bridgehead atoms. The molecule has 0 fully saturated rings. The van der Waals surface area contributed by atoms with Crippen molar-refractivity contribution in [3.8, 4) is 0 Å². The van der Waals surface area contributed by atoms with Gasteiger partial charge >= 0.3 is 0 Å². The van der Waals surface area contributed by atoms with E-state index in [1.807, 2.05) is 30.3 Å².